The SMILES string of the molecule is CC/C=C\C/C=C\C/C=C\C/C=C\C/C=C\C/C=C\C/C=C\C/C=C\CCCCC(=O)OC(COC(=O)CCCCCCCCCCCCCCCC/C=C\C/C=C\C/C=C\CCCCCCC)COP(=O)([O-])OCC[N+](C)(C)C. The Bertz CT molecular complexity index is 1810. The highest BCUT2D eigenvalue weighted by atomic mass is 31.2. The third kappa shape index (κ3) is 63.3. The maximum absolute atomic E-state index is 12.8. The van der Waals surface area contributed by atoms with Crippen LogP contribution < -0.4 is 4.89 Å². The zero-order valence-corrected chi connectivity index (χ0v) is 52.6. The van der Waals surface area contributed by atoms with Crippen LogP contribution >= 0.6 is 7.82 Å². The Morgan fingerprint density at radius 1 is 0.400 bits per heavy atom. The average Bonchev–Trinajstić information content (AvgIpc) is 3.42. The molecule has 0 bridgehead atoms. The number of allylic oxidation sites excluding steroid dienone is 22. The van der Waals surface area contributed by atoms with E-state index in [0.29, 0.717) is 17.4 Å². The van der Waals surface area contributed by atoms with E-state index in [1.165, 1.54) is 109 Å². The van der Waals surface area contributed by atoms with Crippen LogP contribution in [0.5, 0.6) is 0 Å². The van der Waals surface area contributed by atoms with Crippen LogP contribution in [0.25, 0.3) is 0 Å². The molecule has 9 nitrogen and oxygen atoms in total. The number of quaternary nitrogens is 1. The smallest absolute Gasteiger partial charge is 0.306 e. The van der Waals surface area contributed by atoms with Crippen LogP contribution in [0, 0.1) is 0 Å². The van der Waals surface area contributed by atoms with Gasteiger partial charge in [0.15, 0.2) is 6.10 Å². The molecule has 456 valence electrons. The summed E-state index contributed by atoms with van der Waals surface area (Å²) in [7, 11) is 1.12. The number of phosphoric acid groups is 1. The molecular formula is C70H118NO8P. The molecule has 0 fully saturated rings. The number of unbranched alkanes of at least 4 members (excludes halogenated alkanes) is 21. The molecule has 0 aromatic carbocycles. The van der Waals surface area contributed by atoms with Crippen molar-refractivity contribution in [2.45, 2.75) is 251 Å². The van der Waals surface area contributed by atoms with E-state index in [-0.39, 0.29) is 26.1 Å². The van der Waals surface area contributed by atoms with E-state index in [1.54, 1.807) is 0 Å². The van der Waals surface area contributed by atoms with Crippen LogP contribution in [0.2, 0.25) is 0 Å². The van der Waals surface area contributed by atoms with Gasteiger partial charge in [-0.15, -0.1) is 0 Å². The molecule has 0 saturated heterocycles. The topological polar surface area (TPSA) is 111 Å². The van der Waals surface area contributed by atoms with Crippen molar-refractivity contribution in [3.05, 3.63) is 134 Å². The van der Waals surface area contributed by atoms with Gasteiger partial charge in [-0.25, -0.2) is 0 Å². The van der Waals surface area contributed by atoms with Gasteiger partial charge in [0.25, 0.3) is 7.82 Å². The minimum Gasteiger partial charge on any atom is -0.756 e. The molecule has 0 radical (unpaired) electrons. The van der Waals surface area contributed by atoms with Gasteiger partial charge in [-0.3, -0.25) is 14.2 Å². The lowest BCUT2D eigenvalue weighted by Crippen LogP contribution is -2.37. The van der Waals surface area contributed by atoms with E-state index in [2.05, 4.69) is 148 Å². The Kier molecular flexibility index (Phi) is 56.9. The molecule has 80 heavy (non-hydrogen) atoms. The highest BCUT2D eigenvalue weighted by Gasteiger charge is 2.21. The number of phosphoric ester groups is 1. The Balaban J connectivity index is 4.22. The third-order valence-electron chi connectivity index (χ3n) is 13.2. The number of nitrogens with zero attached hydrogens (tertiary/aromatic N) is 1. The molecule has 0 spiro atoms. The minimum atomic E-state index is -4.66. The summed E-state index contributed by atoms with van der Waals surface area (Å²) < 4.78 is 34.2. The predicted octanol–water partition coefficient (Wildman–Crippen LogP) is 19.9. The fourth-order valence-corrected chi connectivity index (χ4v) is 9.00. The summed E-state index contributed by atoms with van der Waals surface area (Å²) in [5.74, 6) is -0.891. The fraction of sp³-hybridized carbons (Fsp3) is 0.657. The number of hydrogen-bond donors (Lipinski definition) is 0. The number of likely N-dealkylation sites (N-methyl/N-ethyl adjacent to an activating group) is 1. The van der Waals surface area contributed by atoms with Crippen molar-refractivity contribution in [3.8, 4) is 0 Å². The van der Waals surface area contributed by atoms with E-state index in [1.807, 2.05) is 21.1 Å². The zero-order chi connectivity index (χ0) is 58.4. The van der Waals surface area contributed by atoms with Crippen molar-refractivity contribution in [1.29, 1.82) is 0 Å². The summed E-state index contributed by atoms with van der Waals surface area (Å²) in [6.45, 7) is 4.06. The number of carbonyl (C=O) groups excluding carboxylic acids is 2. The third-order valence-corrected chi connectivity index (χ3v) is 14.1. The predicted molar refractivity (Wildman–Crippen MR) is 341 cm³/mol. The van der Waals surface area contributed by atoms with Gasteiger partial charge in [0.2, 0.25) is 0 Å². The highest BCUT2D eigenvalue weighted by molar-refractivity contribution is 7.45. The van der Waals surface area contributed by atoms with Gasteiger partial charge in [-0.2, -0.15) is 0 Å². The minimum absolute atomic E-state index is 0.0467. The van der Waals surface area contributed by atoms with Crippen LogP contribution in [0.1, 0.15) is 245 Å². The van der Waals surface area contributed by atoms with Crippen LogP contribution in [-0.4, -0.2) is 70.0 Å². The van der Waals surface area contributed by atoms with Crippen LogP contribution in [0.3, 0.4) is 0 Å². The molecule has 0 heterocycles. The van der Waals surface area contributed by atoms with Gasteiger partial charge in [0, 0.05) is 12.8 Å². The van der Waals surface area contributed by atoms with Crippen molar-refractivity contribution < 1.29 is 42.1 Å². The number of carbonyl (C=O) groups is 2. The van der Waals surface area contributed by atoms with E-state index in [9.17, 15) is 19.0 Å². The largest absolute Gasteiger partial charge is 0.756 e. The van der Waals surface area contributed by atoms with Crippen molar-refractivity contribution >= 4 is 19.8 Å². The van der Waals surface area contributed by atoms with E-state index in [4.69, 9.17) is 18.5 Å². The van der Waals surface area contributed by atoms with Gasteiger partial charge in [0.05, 0.1) is 27.7 Å². The average molecular weight is 1130 g/mol. The second kappa shape index (κ2) is 59.8. The number of rotatable bonds is 57. The quantitative estimate of drug-likeness (QED) is 0.0195. The van der Waals surface area contributed by atoms with Crippen molar-refractivity contribution in [2.75, 3.05) is 47.5 Å². The Morgan fingerprint density at radius 2 is 0.713 bits per heavy atom. The lowest BCUT2D eigenvalue weighted by atomic mass is 10.0. The highest BCUT2D eigenvalue weighted by Crippen LogP contribution is 2.38. The lowest BCUT2D eigenvalue weighted by molar-refractivity contribution is -0.870. The zero-order valence-electron chi connectivity index (χ0n) is 51.7. The summed E-state index contributed by atoms with van der Waals surface area (Å²) in [5, 5.41) is 0. The van der Waals surface area contributed by atoms with Gasteiger partial charge >= 0.3 is 11.9 Å². The Morgan fingerprint density at radius 3 is 1.09 bits per heavy atom. The fourth-order valence-electron chi connectivity index (χ4n) is 8.27. The monoisotopic (exact) mass is 1130 g/mol. The summed E-state index contributed by atoms with van der Waals surface area (Å²) in [6.07, 6.45) is 86.6. The standard InChI is InChI=1S/C70H118NO8P/c1-6-8-10-12-14-16-18-20-22-24-26-28-30-32-34-35-37-38-40-42-44-46-48-50-52-54-56-58-60-62-69(72)76-66-68(67-78-80(74,75)77-65-64-71(3,4)5)79-70(73)63-61-59-57-55-53-51-49-47-45-43-41-39-36-33-31-29-27-25-23-21-19-17-15-13-11-9-7-2/h9,11,15,17-18,20-21,23-24,26-27,29-30,32-33,36,41,43,47,49,53,55,68H,6-8,10,12-14,16,19,22,25,28,31,34-35,37-40,42,44-46,48,50-52,54,56-67H2,1-5H3/b11-9-,17-15-,20-18-,23-21-,26-24-,29-27-,32-30-,36-33-,43-41-,49-47-,55-53-. The van der Waals surface area contributed by atoms with Crippen molar-refractivity contribution in [2.24, 2.45) is 0 Å². The van der Waals surface area contributed by atoms with Crippen LogP contribution in [0.4, 0.5) is 0 Å². The second-order valence-electron chi connectivity index (χ2n) is 22.0. The molecule has 0 amide bonds. The summed E-state index contributed by atoms with van der Waals surface area (Å²) >= 11 is 0. The van der Waals surface area contributed by atoms with Crippen molar-refractivity contribution in [1.82, 2.24) is 0 Å². The molecule has 0 aliphatic heterocycles. The first-order chi connectivity index (χ1) is 39.0. The molecular weight excluding hydrogens is 1010 g/mol. The molecule has 0 aromatic heterocycles. The maximum Gasteiger partial charge on any atom is 0.306 e. The van der Waals surface area contributed by atoms with Gasteiger partial charge in [0.1, 0.15) is 19.8 Å². The summed E-state index contributed by atoms with van der Waals surface area (Å²) in [6, 6.07) is 0. The summed E-state index contributed by atoms with van der Waals surface area (Å²) in [4.78, 5) is 38.0. The van der Waals surface area contributed by atoms with Gasteiger partial charge in [-0.05, 0) is 116 Å². The second-order valence-corrected chi connectivity index (χ2v) is 23.4. The Hall–Kier alpha value is -3.85. The van der Waals surface area contributed by atoms with E-state index < -0.39 is 32.5 Å². The molecule has 2 unspecified atom stereocenters. The molecule has 2 atom stereocenters. The molecule has 10 heteroatoms. The Labute approximate surface area is 491 Å². The number of hydrogen-bond acceptors (Lipinski definition) is 8. The molecule has 0 N–H and O–H groups in total. The maximum atomic E-state index is 12.8. The van der Waals surface area contributed by atoms with Gasteiger partial charge < -0.3 is 27.9 Å². The van der Waals surface area contributed by atoms with Crippen LogP contribution in [0.15, 0.2) is 134 Å². The molecule has 0 aromatic rings. The van der Waals surface area contributed by atoms with E-state index in [0.717, 1.165) is 103 Å². The normalized spacial score (nSPS) is 14.1. The van der Waals surface area contributed by atoms with Crippen molar-refractivity contribution in [3.63, 3.8) is 0 Å². The first-order valence-electron chi connectivity index (χ1n) is 31.9. The number of esters is 2. The number of ether oxygens (including phenoxy) is 2. The molecule has 0 aliphatic rings. The molecule has 0 rings (SSSR count). The van der Waals surface area contributed by atoms with Crippen LogP contribution in [-0.2, 0) is 32.7 Å². The summed E-state index contributed by atoms with van der Waals surface area (Å²) in [5.41, 5.74) is 0. The molecule has 0 aliphatic carbocycles. The first kappa shape index (κ1) is 76.1. The van der Waals surface area contributed by atoms with E-state index >= 15 is 0 Å². The lowest BCUT2D eigenvalue weighted by Gasteiger charge is -2.28. The van der Waals surface area contributed by atoms with Gasteiger partial charge in [-0.1, -0.05) is 250 Å². The molecule has 0 saturated carbocycles. The first-order valence-corrected chi connectivity index (χ1v) is 33.4.